The van der Waals surface area contributed by atoms with Crippen LogP contribution in [0.4, 0.5) is 0 Å². The monoisotopic (exact) mass is 225 g/mol. The summed E-state index contributed by atoms with van der Waals surface area (Å²) in [5.74, 6) is 0. The number of hydrogen-bond donors (Lipinski definition) is 0. The van der Waals surface area contributed by atoms with Gasteiger partial charge in [-0.25, -0.2) is 4.98 Å². The molecule has 0 amide bonds. The van der Waals surface area contributed by atoms with Gasteiger partial charge in [0.05, 0.1) is 0 Å². The third-order valence-corrected chi connectivity index (χ3v) is 2.47. The van der Waals surface area contributed by atoms with Crippen molar-refractivity contribution in [2.24, 2.45) is 0 Å². The largest absolute Gasteiger partial charge is 0.276 e. The zero-order valence-corrected chi connectivity index (χ0v) is 8.51. The maximum atomic E-state index is 11.1. The van der Waals surface area contributed by atoms with Crippen LogP contribution in [0, 0.1) is 0 Å². The van der Waals surface area contributed by atoms with Gasteiger partial charge in [0.15, 0.2) is 0 Å². The Morgan fingerprint density at radius 2 is 2.00 bits per heavy atom. The van der Waals surface area contributed by atoms with Crippen LogP contribution in [0.25, 0.3) is 10.8 Å². The maximum Gasteiger partial charge on any atom is 0.253 e. The van der Waals surface area contributed by atoms with E-state index >= 15 is 0 Å². The predicted octanol–water partition coefficient (Wildman–Crippen LogP) is 3.27. The molecule has 0 atom stereocenters. The van der Waals surface area contributed by atoms with Crippen LogP contribution in [0.2, 0.25) is 5.15 Å². The molecule has 1 aromatic heterocycles. The summed E-state index contributed by atoms with van der Waals surface area (Å²) < 4.78 is 0. The van der Waals surface area contributed by atoms with Gasteiger partial charge in [-0.2, -0.15) is 0 Å². The standard InChI is InChI=1S/C10H5Cl2NO/c11-9-7-2-1-3-8(10(12)14)6(7)4-5-13-9/h1-5H. The lowest BCUT2D eigenvalue weighted by Gasteiger charge is -2.02. The van der Waals surface area contributed by atoms with Crippen LogP contribution in [0.1, 0.15) is 10.4 Å². The molecule has 1 aromatic carbocycles. The number of benzene rings is 1. The van der Waals surface area contributed by atoms with Crippen molar-refractivity contribution < 1.29 is 4.79 Å². The first-order valence-corrected chi connectivity index (χ1v) is 4.69. The number of pyridine rings is 1. The fourth-order valence-corrected chi connectivity index (χ4v) is 1.73. The minimum atomic E-state index is -0.488. The van der Waals surface area contributed by atoms with E-state index in [1.54, 1.807) is 30.5 Å². The highest BCUT2D eigenvalue weighted by atomic mass is 35.5. The predicted molar refractivity (Wildman–Crippen MR) is 56.9 cm³/mol. The first-order chi connectivity index (χ1) is 6.70. The number of rotatable bonds is 1. The Morgan fingerprint density at radius 3 is 2.71 bits per heavy atom. The van der Waals surface area contributed by atoms with Crippen molar-refractivity contribution in [1.82, 2.24) is 4.98 Å². The summed E-state index contributed by atoms with van der Waals surface area (Å²) in [6.45, 7) is 0. The van der Waals surface area contributed by atoms with Gasteiger partial charge in [0.2, 0.25) is 0 Å². The molecule has 2 nitrogen and oxygen atoms in total. The Labute approximate surface area is 90.5 Å². The molecular weight excluding hydrogens is 221 g/mol. The third-order valence-electron chi connectivity index (χ3n) is 1.97. The number of fused-ring (bicyclic) bond motifs is 1. The molecule has 0 aliphatic carbocycles. The van der Waals surface area contributed by atoms with Crippen LogP contribution in [-0.4, -0.2) is 10.2 Å². The number of hydrogen-bond acceptors (Lipinski definition) is 2. The molecule has 2 rings (SSSR count). The SMILES string of the molecule is O=C(Cl)c1cccc2c(Cl)nccc12. The maximum absolute atomic E-state index is 11.1. The second-order valence-electron chi connectivity index (χ2n) is 2.78. The van der Waals surface area contributed by atoms with Crippen LogP contribution in [0.15, 0.2) is 30.5 Å². The van der Waals surface area contributed by atoms with Gasteiger partial charge in [-0.15, -0.1) is 0 Å². The van der Waals surface area contributed by atoms with Gasteiger partial charge in [0.1, 0.15) is 5.15 Å². The Hall–Kier alpha value is -1.12. The molecule has 4 heteroatoms. The van der Waals surface area contributed by atoms with Crippen molar-refractivity contribution in [3.8, 4) is 0 Å². The summed E-state index contributed by atoms with van der Waals surface area (Å²) in [7, 11) is 0. The average molecular weight is 226 g/mol. The molecule has 0 bridgehead atoms. The Bertz CT molecular complexity index is 510. The summed E-state index contributed by atoms with van der Waals surface area (Å²) in [5.41, 5.74) is 0.452. The fraction of sp³-hybridized carbons (Fsp3) is 0. The lowest BCUT2D eigenvalue weighted by molar-refractivity contribution is 0.108. The second-order valence-corrected chi connectivity index (χ2v) is 3.48. The summed E-state index contributed by atoms with van der Waals surface area (Å²) in [6.07, 6.45) is 1.55. The molecule has 0 saturated heterocycles. The zero-order valence-electron chi connectivity index (χ0n) is 7.00. The quantitative estimate of drug-likeness (QED) is 0.551. The topological polar surface area (TPSA) is 30.0 Å². The normalized spacial score (nSPS) is 10.4. The van der Waals surface area contributed by atoms with E-state index in [4.69, 9.17) is 23.2 Å². The third kappa shape index (κ3) is 1.47. The van der Waals surface area contributed by atoms with Gasteiger partial charge < -0.3 is 0 Å². The summed E-state index contributed by atoms with van der Waals surface area (Å²) in [5, 5.41) is 1.35. The molecule has 2 aromatic rings. The van der Waals surface area contributed by atoms with Crippen LogP contribution < -0.4 is 0 Å². The minimum Gasteiger partial charge on any atom is -0.276 e. The van der Waals surface area contributed by atoms with Crippen molar-refractivity contribution >= 4 is 39.2 Å². The van der Waals surface area contributed by atoms with Crippen molar-refractivity contribution in [2.45, 2.75) is 0 Å². The van der Waals surface area contributed by atoms with Crippen molar-refractivity contribution in [1.29, 1.82) is 0 Å². The molecular formula is C10H5Cl2NO. The molecule has 0 unspecified atom stereocenters. The molecule has 0 spiro atoms. The average Bonchev–Trinajstić information content (AvgIpc) is 2.17. The Morgan fingerprint density at radius 1 is 1.21 bits per heavy atom. The summed E-state index contributed by atoms with van der Waals surface area (Å²) in [6, 6.07) is 6.91. The lowest BCUT2D eigenvalue weighted by Crippen LogP contribution is -1.91. The molecule has 0 radical (unpaired) electrons. The molecule has 0 fully saturated rings. The highest BCUT2D eigenvalue weighted by Crippen LogP contribution is 2.24. The number of nitrogens with zero attached hydrogens (tertiary/aromatic N) is 1. The van der Waals surface area contributed by atoms with E-state index in [1.807, 2.05) is 0 Å². The molecule has 0 saturated carbocycles. The van der Waals surface area contributed by atoms with Crippen molar-refractivity contribution in [3.05, 3.63) is 41.2 Å². The summed E-state index contributed by atoms with van der Waals surface area (Å²) in [4.78, 5) is 15.0. The van der Waals surface area contributed by atoms with Crippen LogP contribution in [0.5, 0.6) is 0 Å². The Kier molecular flexibility index (Phi) is 2.40. The lowest BCUT2D eigenvalue weighted by atomic mass is 10.1. The number of carbonyl (C=O) groups excluding carboxylic acids is 1. The van der Waals surface area contributed by atoms with E-state index in [0.29, 0.717) is 10.7 Å². The first-order valence-electron chi connectivity index (χ1n) is 3.93. The van der Waals surface area contributed by atoms with Crippen molar-refractivity contribution in [3.63, 3.8) is 0 Å². The van der Waals surface area contributed by atoms with E-state index in [0.717, 1.165) is 10.8 Å². The summed E-state index contributed by atoms with van der Waals surface area (Å²) >= 11 is 11.3. The molecule has 0 N–H and O–H groups in total. The van der Waals surface area contributed by atoms with E-state index in [9.17, 15) is 4.79 Å². The van der Waals surface area contributed by atoms with E-state index < -0.39 is 5.24 Å². The van der Waals surface area contributed by atoms with Crippen LogP contribution >= 0.6 is 23.2 Å². The van der Waals surface area contributed by atoms with Crippen LogP contribution in [-0.2, 0) is 0 Å². The smallest absolute Gasteiger partial charge is 0.253 e. The number of carbonyl (C=O) groups is 1. The van der Waals surface area contributed by atoms with Gasteiger partial charge in [-0.05, 0) is 29.1 Å². The fourth-order valence-electron chi connectivity index (χ4n) is 1.34. The molecule has 0 aliphatic heterocycles. The Balaban J connectivity index is 2.88. The van der Waals surface area contributed by atoms with Gasteiger partial charge in [-0.3, -0.25) is 4.79 Å². The zero-order chi connectivity index (χ0) is 10.1. The van der Waals surface area contributed by atoms with E-state index in [1.165, 1.54) is 0 Å². The minimum absolute atomic E-state index is 0.377. The molecule has 70 valence electrons. The van der Waals surface area contributed by atoms with Gasteiger partial charge >= 0.3 is 0 Å². The molecule has 1 heterocycles. The van der Waals surface area contributed by atoms with Gasteiger partial charge in [0.25, 0.3) is 5.24 Å². The molecule has 14 heavy (non-hydrogen) atoms. The van der Waals surface area contributed by atoms with Crippen molar-refractivity contribution in [2.75, 3.05) is 0 Å². The highest BCUT2D eigenvalue weighted by Gasteiger charge is 2.08. The number of aromatic nitrogens is 1. The van der Waals surface area contributed by atoms with Gasteiger partial charge in [0, 0.05) is 17.1 Å². The second kappa shape index (κ2) is 3.56. The first kappa shape index (κ1) is 9.44. The van der Waals surface area contributed by atoms with Gasteiger partial charge in [-0.1, -0.05) is 23.7 Å². The van der Waals surface area contributed by atoms with Crippen LogP contribution in [0.3, 0.4) is 0 Å². The highest BCUT2D eigenvalue weighted by molar-refractivity contribution is 6.68. The van der Waals surface area contributed by atoms with E-state index in [-0.39, 0.29) is 0 Å². The van der Waals surface area contributed by atoms with E-state index in [2.05, 4.69) is 4.98 Å². The number of halogens is 2. The molecule has 0 aliphatic rings.